The van der Waals surface area contributed by atoms with Crippen molar-refractivity contribution in [3.63, 3.8) is 0 Å². The molecule has 0 aliphatic carbocycles. The molecule has 0 aliphatic rings. The molecular formula is C12H15NO3. The Morgan fingerprint density at radius 3 is 2.75 bits per heavy atom. The second kappa shape index (κ2) is 5.80. The third-order valence-electron chi connectivity index (χ3n) is 2.13. The molecule has 1 aromatic rings. The Labute approximate surface area is 94.9 Å². The van der Waals surface area contributed by atoms with E-state index in [4.69, 9.17) is 9.47 Å². The molecule has 0 fully saturated rings. The minimum Gasteiger partial charge on any atom is -0.497 e. The van der Waals surface area contributed by atoms with Crippen molar-refractivity contribution in [3.05, 3.63) is 36.4 Å². The average Bonchev–Trinajstić information content (AvgIpc) is 2.35. The minimum absolute atomic E-state index is 0.218. The van der Waals surface area contributed by atoms with E-state index in [-0.39, 0.29) is 5.91 Å². The third kappa shape index (κ3) is 3.02. The summed E-state index contributed by atoms with van der Waals surface area (Å²) < 4.78 is 10.3. The van der Waals surface area contributed by atoms with Gasteiger partial charge < -0.3 is 14.8 Å². The molecule has 1 N–H and O–H groups in total. The van der Waals surface area contributed by atoms with Crippen molar-refractivity contribution in [3.8, 4) is 11.5 Å². The maximum atomic E-state index is 11.0. The van der Waals surface area contributed by atoms with Crippen LogP contribution in [0.15, 0.2) is 30.9 Å². The molecule has 0 saturated heterocycles. The van der Waals surface area contributed by atoms with Gasteiger partial charge in [0, 0.05) is 12.1 Å². The van der Waals surface area contributed by atoms with E-state index >= 15 is 0 Å². The molecule has 1 rings (SSSR count). The summed E-state index contributed by atoms with van der Waals surface area (Å²) in [5, 5.41) is 2.68. The average molecular weight is 221 g/mol. The van der Waals surface area contributed by atoms with Crippen LogP contribution in [0.5, 0.6) is 11.5 Å². The highest BCUT2D eigenvalue weighted by atomic mass is 16.5. The van der Waals surface area contributed by atoms with E-state index in [9.17, 15) is 4.79 Å². The first-order valence-electron chi connectivity index (χ1n) is 4.82. The molecule has 0 heterocycles. The molecule has 0 bridgehead atoms. The van der Waals surface area contributed by atoms with Gasteiger partial charge in [-0.1, -0.05) is 6.58 Å². The summed E-state index contributed by atoms with van der Waals surface area (Å²) in [7, 11) is 3.18. The van der Waals surface area contributed by atoms with Crippen LogP contribution >= 0.6 is 0 Å². The van der Waals surface area contributed by atoms with Crippen molar-refractivity contribution in [1.29, 1.82) is 0 Å². The quantitative estimate of drug-likeness (QED) is 0.766. The monoisotopic (exact) mass is 221 g/mol. The first-order chi connectivity index (χ1) is 7.71. The van der Waals surface area contributed by atoms with Gasteiger partial charge in [0.1, 0.15) is 11.5 Å². The number of amides is 1. The highest BCUT2D eigenvalue weighted by Crippen LogP contribution is 2.23. The van der Waals surface area contributed by atoms with Crippen LogP contribution in [0.2, 0.25) is 0 Å². The first-order valence-corrected chi connectivity index (χ1v) is 4.82. The third-order valence-corrected chi connectivity index (χ3v) is 2.13. The number of carbonyl (C=O) groups excluding carboxylic acids is 1. The van der Waals surface area contributed by atoms with E-state index in [2.05, 4.69) is 11.9 Å². The number of benzene rings is 1. The van der Waals surface area contributed by atoms with Gasteiger partial charge in [-0.15, -0.1) is 0 Å². The Morgan fingerprint density at radius 1 is 1.44 bits per heavy atom. The zero-order chi connectivity index (χ0) is 12.0. The van der Waals surface area contributed by atoms with Crippen LogP contribution in [0.1, 0.15) is 5.56 Å². The van der Waals surface area contributed by atoms with Crippen LogP contribution in [0, 0.1) is 0 Å². The van der Waals surface area contributed by atoms with Gasteiger partial charge in [0.2, 0.25) is 5.91 Å². The van der Waals surface area contributed by atoms with Crippen LogP contribution in [-0.2, 0) is 11.3 Å². The standard InChI is InChI=1S/C12H15NO3/c1-4-12(14)13-8-9-7-10(15-2)5-6-11(9)16-3/h4-7H,1,8H2,2-3H3,(H,13,14). The molecule has 0 radical (unpaired) electrons. The largest absolute Gasteiger partial charge is 0.497 e. The second-order valence-electron chi connectivity index (χ2n) is 3.10. The van der Waals surface area contributed by atoms with Crippen LogP contribution in [0.3, 0.4) is 0 Å². The summed E-state index contributed by atoms with van der Waals surface area (Å²) in [5.74, 6) is 1.22. The number of carbonyl (C=O) groups is 1. The van der Waals surface area contributed by atoms with Crippen LogP contribution in [-0.4, -0.2) is 20.1 Å². The highest BCUT2D eigenvalue weighted by Gasteiger charge is 2.05. The molecule has 1 aromatic carbocycles. The normalized spacial score (nSPS) is 9.38. The van der Waals surface area contributed by atoms with Gasteiger partial charge in [-0.3, -0.25) is 4.79 Å². The molecule has 0 atom stereocenters. The molecule has 0 aliphatic heterocycles. The molecule has 1 amide bonds. The van der Waals surface area contributed by atoms with Crippen LogP contribution in [0.4, 0.5) is 0 Å². The van der Waals surface area contributed by atoms with Crippen molar-refractivity contribution in [2.24, 2.45) is 0 Å². The van der Waals surface area contributed by atoms with Gasteiger partial charge >= 0.3 is 0 Å². The van der Waals surface area contributed by atoms with Crippen LogP contribution in [0.25, 0.3) is 0 Å². The number of hydrogen-bond acceptors (Lipinski definition) is 3. The zero-order valence-corrected chi connectivity index (χ0v) is 9.45. The van der Waals surface area contributed by atoms with E-state index in [1.807, 2.05) is 6.07 Å². The number of hydrogen-bond donors (Lipinski definition) is 1. The lowest BCUT2D eigenvalue weighted by atomic mass is 10.2. The predicted octanol–water partition coefficient (Wildman–Crippen LogP) is 1.51. The summed E-state index contributed by atoms with van der Waals surface area (Å²) in [5.41, 5.74) is 0.858. The number of nitrogens with one attached hydrogen (secondary N) is 1. The van der Waals surface area contributed by atoms with Gasteiger partial charge in [0.25, 0.3) is 0 Å². The number of rotatable bonds is 5. The second-order valence-corrected chi connectivity index (χ2v) is 3.10. The summed E-state index contributed by atoms with van der Waals surface area (Å²) in [4.78, 5) is 11.0. The molecule has 0 spiro atoms. The van der Waals surface area contributed by atoms with Gasteiger partial charge in [0.15, 0.2) is 0 Å². The number of ether oxygens (including phenoxy) is 2. The van der Waals surface area contributed by atoms with E-state index in [1.165, 1.54) is 6.08 Å². The Morgan fingerprint density at radius 2 is 2.19 bits per heavy atom. The molecular weight excluding hydrogens is 206 g/mol. The summed E-state index contributed by atoms with van der Waals surface area (Å²) >= 11 is 0. The first kappa shape index (κ1) is 12.1. The lowest BCUT2D eigenvalue weighted by Crippen LogP contribution is -2.20. The molecule has 16 heavy (non-hydrogen) atoms. The fraction of sp³-hybridized carbons (Fsp3) is 0.250. The molecule has 86 valence electrons. The molecule has 0 unspecified atom stereocenters. The van der Waals surface area contributed by atoms with Crippen LogP contribution < -0.4 is 14.8 Å². The fourth-order valence-electron chi connectivity index (χ4n) is 1.27. The van der Waals surface area contributed by atoms with Gasteiger partial charge in [0.05, 0.1) is 14.2 Å². The molecule has 0 aromatic heterocycles. The molecule has 0 saturated carbocycles. The smallest absolute Gasteiger partial charge is 0.243 e. The maximum Gasteiger partial charge on any atom is 0.243 e. The SMILES string of the molecule is C=CC(=O)NCc1cc(OC)ccc1OC. The Hall–Kier alpha value is -1.97. The van der Waals surface area contributed by atoms with Gasteiger partial charge in [-0.05, 0) is 24.3 Å². The van der Waals surface area contributed by atoms with Crippen molar-refractivity contribution in [2.45, 2.75) is 6.54 Å². The van der Waals surface area contributed by atoms with Gasteiger partial charge in [-0.2, -0.15) is 0 Å². The Balaban J connectivity index is 2.82. The summed E-state index contributed by atoms with van der Waals surface area (Å²) in [6, 6.07) is 5.42. The molecule has 4 heteroatoms. The zero-order valence-electron chi connectivity index (χ0n) is 9.45. The van der Waals surface area contributed by atoms with Crippen molar-refractivity contribution < 1.29 is 14.3 Å². The van der Waals surface area contributed by atoms with E-state index < -0.39 is 0 Å². The Bertz CT molecular complexity index is 388. The molecule has 4 nitrogen and oxygen atoms in total. The van der Waals surface area contributed by atoms with Crippen molar-refractivity contribution >= 4 is 5.91 Å². The summed E-state index contributed by atoms with van der Waals surface area (Å²) in [6.07, 6.45) is 1.23. The minimum atomic E-state index is -0.218. The van der Waals surface area contributed by atoms with E-state index in [1.54, 1.807) is 26.4 Å². The topological polar surface area (TPSA) is 47.6 Å². The van der Waals surface area contributed by atoms with Crippen molar-refractivity contribution in [1.82, 2.24) is 5.32 Å². The Kier molecular flexibility index (Phi) is 4.39. The van der Waals surface area contributed by atoms with Crippen molar-refractivity contribution in [2.75, 3.05) is 14.2 Å². The van der Waals surface area contributed by atoms with E-state index in [0.29, 0.717) is 12.3 Å². The summed E-state index contributed by atoms with van der Waals surface area (Å²) in [6.45, 7) is 3.76. The number of methoxy groups -OCH3 is 2. The lowest BCUT2D eigenvalue weighted by molar-refractivity contribution is -0.116. The van der Waals surface area contributed by atoms with Gasteiger partial charge in [-0.25, -0.2) is 0 Å². The fourth-order valence-corrected chi connectivity index (χ4v) is 1.27. The maximum absolute atomic E-state index is 11.0. The predicted molar refractivity (Wildman–Crippen MR) is 61.6 cm³/mol. The highest BCUT2D eigenvalue weighted by molar-refractivity contribution is 5.86. The lowest BCUT2D eigenvalue weighted by Gasteiger charge is -2.10. The van der Waals surface area contributed by atoms with E-state index in [0.717, 1.165) is 11.3 Å².